The Labute approximate surface area is 116 Å². The molecule has 4 nitrogen and oxygen atoms in total. The fraction of sp³-hybridized carbons (Fsp3) is 0.200. The molecule has 2 aromatic carbocycles. The topological polar surface area (TPSA) is 53.7 Å². The number of methoxy groups -OCH3 is 1. The number of ether oxygens (including phenoxy) is 3. The maximum absolute atomic E-state index is 13.0. The molecule has 0 fully saturated rings. The van der Waals surface area contributed by atoms with Gasteiger partial charge in [-0.2, -0.15) is 0 Å². The number of rotatable bonds is 6. The third kappa shape index (κ3) is 3.54. The highest BCUT2D eigenvalue weighted by molar-refractivity contribution is 5.52. The molecule has 5 heteroatoms. The maximum Gasteiger partial charge on any atom is 0.161 e. The Morgan fingerprint density at radius 1 is 0.950 bits per heavy atom. The molecule has 0 bridgehead atoms. The number of anilines is 1. The molecule has 2 rings (SSSR count). The maximum atomic E-state index is 13.0. The molecule has 0 aliphatic carbocycles. The lowest BCUT2D eigenvalue weighted by Gasteiger charge is -2.12. The van der Waals surface area contributed by atoms with E-state index in [2.05, 4.69) is 0 Å². The molecular formula is C15H16FNO3. The van der Waals surface area contributed by atoms with Crippen molar-refractivity contribution in [3.8, 4) is 17.2 Å². The molecule has 0 aliphatic rings. The van der Waals surface area contributed by atoms with Crippen LogP contribution in [0.15, 0.2) is 42.5 Å². The summed E-state index contributed by atoms with van der Waals surface area (Å²) in [5.41, 5.74) is 6.07. The molecule has 0 radical (unpaired) electrons. The van der Waals surface area contributed by atoms with E-state index in [0.717, 1.165) is 0 Å². The standard InChI is InChI=1S/C15H16FNO3/c1-18-13-4-2-3-5-14(13)19-8-9-20-15-10-11(16)6-7-12(15)17/h2-7,10H,8-9,17H2,1H3. The lowest BCUT2D eigenvalue weighted by atomic mass is 10.3. The van der Waals surface area contributed by atoms with E-state index in [0.29, 0.717) is 29.5 Å². The van der Waals surface area contributed by atoms with Gasteiger partial charge in [-0.25, -0.2) is 4.39 Å². The summed E-state index contributed by atoms with van der Waals surface area (Å²) in [6.07, 6.45) is 0. The first kappa shape index (κ1) is 14.0. The zero-order valence-corrected chi connectivity index (χ0v) is 11.1. The number of hydrogen-bond acceptors (Lipinski definition) is 4. The first-order valence-electron chi connectivity index (χ1n) is 6.14. The lowest BCUT2D eigenvalue weighted by Crippen LogP contribution is -2.10. The van der Waals surface area contributed by atoms with Crippen LogP contribution < -0.4 is 19.9 Å². The fourth-order valence-corrected chi connectivity index (χ4v) is 1.67. The Morgan fingerprint density at radius 3 is 2.30 bits per heavy atom. The van der Waals surface area contributed by atoms with Crippen molar-refractivity contribution in [1.29, 1.82) is 0 Å². The predicted octanol–water partition coefficient (Wildman–Crippen LogP) is 2.87. The summed E-state index contributed by atoms with van der Waals surface area (Å²) in [5.74, 6) is 1.21. The van der Waals surface area contributed by atoms with Crippen LogP contribution in [0.5, 0.6) is 17.2 Å². The summed E-state index contributed by atoms with van der Waals surface area (Å²) in [7, 11) is 1.58. The Balaban J connectivity index is 1.86. The zero-order chi connectivity index (χ0) is 14.4. The summed E-state index contributed by atoms with van der Waals surface area (Å²) in [5, 5.41) is 0. The third-order valence-corrected chi connectivity index (χ3v) is 2.64. The van der Waals surface area contributed by atoms with Crippen LogP contribution in [0.25, 0.3) is 0 Å². The summed E-state index contributed by atoms with van der Waals surface area (Å²) in [4.78, 5) is 0. The van der Waals surface area contributed by atoms with Crippen molar-refractivity contribution in [2.24, 2.45) is 0 Å². The SMILES string of the molecule is COc1ccccc1OCCOc1cc(F)ccc1N. The molecule has 0 saturated heterocycles. The zero-order valence-electron chi connectivity index (χ0n) is 11.1. The molecule has 106 valence electrons. The molecule has 0 amide bonds. The Morgan fingerprint density at radius 2 is 1.60 bits per heavy atom. The van der Waals surface area contributed by atoms with Crippen LogP contribution in [0.1, 0.15) is 0 Å². The van der Waals surface area contributed by atoms with Gasteiger partial charge in [0, 0.05) is 6.07 Å². The van der Waals surface area contributed by atoms with Gasteiger partial charge in [0.15, 0.2) is 11.5 Å². The molecule has 0 aliphatic heterocycles. The highest BCUT2D eigenvalue weighted by Crippen LogP contribution is 2.26. The van der Waals surface area contributed by atoms with Gasteiger partial charge in [0.2, 0.25) is 0 Å². The normalized spacial score (nSPS) is 10.1. The smallest absolute Gasteiger partial charge is 0.161 e. The third-order valence-electron chi connectivity index (χ3n) is 2.64. The minimum Gasteiger partial charge on any atom is -0.493 e. The van der Waals surface area contributed by atoms with Gasteiger partial charge in [-0.3, -0.25) is 0 Å². The lowest BCUT2D eigenvalue weighted by molar-refractivity contribution is 0.211. The second kappa shape index (κ2) is 6.65. The molecule has 2 N–H and O–H groups in total. The molecule has 0 aromatic heterocycles. The van der Waals surface area contributed by atoms with Gasteiger partial charge < -0.3 is 19.9 Å². The van der Waals surface area contributed by atoms with Crippen molar-refractivity contribution in [3.63, 3.8) is 0 Å². The molecule has 0 atom stereocenters. The molecular weight excluding hydrogens is 261 g/mol. The van der Waals surface area contributed by atoms with E-state index in [9.17, 15) is 4.39 Å². The first-order chi connectivity index (χ1) is 9.70. The number of benzene rings is 2. The molecule has 2 aromatic rings. The minimum absolute atomic E-state index is 0.256. The second-order valence-corrected chi connectivity index (χ2v) is 4.03. The van der Waals surface area contributed by atoms with Crippen molar-refractivity contribution in [3.05, 3.63) is 48.3 Å². The second-order valence-electron chi connectivity index (χ2n) is 4.03. The van der Waals surface area contributed by atoms with Crippen molar-refractivity contribution in [2.75, 3.05) is 26.1 Å². The summed E-state index contributed by atoms with van der Waals surface area (Å²) >= 11 is 0. The van der Waals surface area contributed by atoms with E-state index in [1.54, 1.807) is 19.2 Å². The molecule has 0 saturated carbocycles. The van der Waals surface area contributed by atoms with Crippen LogP contribution in [0, 0.1) is 5.82 Å². The van der Waals surface area contributed by atoms with Crippen LogP contribution in [0.3, 0.4) is 0 Å². The number of halogens is 1. The molecule has 0 heterocycles. The monoisotopic (exact) mass is 277 g/mol. The van der Waals surface area contributed by atoms with Gasteiger partial charge in [0.25, 0.3) is 0 Å². The number of nitrogen functional groups attached to an aromatic ring is 1. The van der Waals surface area contributed by atoms with Crippen LogP contribution in [-0.4, -0.2) is 20.3 Å². The van der Waals surface area contributed by atoms with Crippen molar-refractivity contribution >= 4 is 5.69 Å². The van der Waals surface area contributed by atoms with Gasteiger partial charge in [0.1, 0.15) is 24.8 Å². The van der Waals surface area contributed by atoms with E-state index < -0.39 is 0 Å². The number of nitrogens with two attached hydrogens (primary N) is 1. The molecule has 20 heavy (non-hydrogen) atoms. The van der Waals surface area contributed by atoms with Crippen molar-refractivity contribution in [2.45, 2.75) is 0 Å². The average molecular weight is 277 g/mol. The number of para-hydroxylation sites is 2. The van der Waals surface area contributed by atoms with E-state index >= 15 is 0 Å². The first-order valence-corrected chi connectivity index (χ1v) is 6.14. The van der Waals surface area contributed by atoms with Crippen LogP contribution in [0.4, 0.5) is 10.1 Å². The highest BCUT2D eigenvalue weighted by Gasteiger charge is 2.04. The highest BCUT2D eigenvalue weighted by atomic mass is 19.1. The Hall–Kier alpha value is -2.43. The summed E-state index contributed by atoms with van der Waals surface area (Å²) < 4.78 is 29.1. The van der Waals surface area contributed by atoms with E-state index in [1.807, 2.05) is 12.1 Å². The quantitative estimate of drug-likeness (QED) is 0.651. The summed E-state index contributed by atoms with van der Waals surface area (Å²) in [6, 6.07) is 11.3. The van der Waals surface area contributed by atoms with E-state index in [1.165, 1.54) is 18.2 Å². The van der Waals surface area contributed by atoms with Gasteiger partial charge >= 0.3 is 0 Å². The van der Waals surface area contributed by atoms with Gasteiger partial charge in [-0.05, 0) is 24.3 Å². The molecule has 0 unspecified atom stereocenters. The molecule has 0 spiro atoms. The largest absolute Gasteiger partial charge is 0.493 e. The summed E-state index contributed by atoms with van der Waals surface area (Å²) in [6.45, 7) is 0.558. The minimum atomic E-state index is -0.389. The van der Waals surface area contributed by atoms with Crippen molar-refractivity contribution in [1.82, 2.24) is 0 Å². The Kier molecular flexibility index (Phi) is 4.65. The fourth-order valence-electron chi connectivity index (χ4n) is 1.67. The van der Waals surface area contributed by atoms with Gasteiger partial charge in [-0.1, -0.05) is 12.1 Å². The van der Waals surface area contributed by atoms with Gasteiger partial charge in [-0.15, -0.1) is 0 Å². The van der Waals surface area contributed by atoms with Crippen LogP contribution in [0.2, 0.25) is 0 Å². The van der Waals surface area contributed by atoms with E-state index in [4.69, 9.17) is 19.9 Å². The Bertz CT molecular complexity index is 575. The van der Waals surface area contributed by atoms with Crippen LogP contribution >= 0.6 is 0 Å². The van der Waals surface area contributed by atoms with Crippen LogP contribution in [-0.2, 0) is 0 Å². The average Bonchev–Trinajstić information content (AvgIpc) is 2.47. The predicted molar refractivity (Wildman–Crippen MR) is 74.8 cm³/mol. The van der Waals surface area contributed by atoms with Crippen molar-refractivity contribution < 1.29 is 18.6 Å². The van der Waals surface area contributed by atoms with E-state index in [-0.39, 0.29) is 12.4 Å². The van der Waals surface area contributed by atoms with Gasteiger partial charge in [0.05, 0.1) is 12.8 Å². The number of hydrogen-bond donors (Lipinski definition) is 1.